The van der Waals surface area contributed by atoms with E-state index in [0.29, 0.717) is 0 Å². The van der Waals surface area contributed by atoms with Gasteiger partial charge < -0.3 is 10.1 Å². The lowest BCUT2D eigenvalue weighted by Gasteiger charge is -2.01. The van der Waals surface area contributed by atoms with Crippen LogP contribution in [0.1, 0.15) is 31.7 Å². The van der Waals surface area contributed by atoms with Crippen LogP contribution in [0, 0.1) is 0 Å². The summed E-state index contributed by atoms with van der Waals surface area (Å²) in [5, 5.41) is 9.37. The molecular formula is C10H15NO2. The average Bonchev–Trinajstić information content (AvgIpc) is 2.09. The molecule has 0 radical (unpaired) electrons. The van der Waals surface area contributed by atoms with Crippen LogP contribution in [0.25, 0.3) is 0 Å². The summed E-state index contributed by atoms with van der Waals surface area (Å²) in [7, 11) is 0. The largest absolute Gasteiger partial charge is 0.507 e. The maximum absolute atomic E-state index is 10.8. The van der Waals surface area contributed by atoms with E-state index in [2.05, 4.69) is 11.9 Å². The van der Waals surface area contributed by atoms with Crippen molar-refractivity contribution in [1.82, 2.24) is 4.98 Å². The van der Waals surface area contributed by atoms with E-state index in [1.165, 1.54) is 6.07 Å². The van der Waals surface area contributed by atoms with Gasteiger partial charge in [0.1, 0.15) is 5.75 Å². The van der Waals surface area contributed by atoms with Crippen molar-refractivity contribution in [3.05, 3.63) is 28.2 Å². The van der Waals surface area contributed by atoms with Crippen LogP contribution >= 0.6 is 0 Å². The molecule has 1 rings (SSSR count). The Labute approximate surface area is 77.4 Å². The Balaban J connectivity index is 2.61. The third-order valence-corrected chi connectivity index (χ3v) is 2.04. The second kappa shape index (κ2) is 4.70. The number of aromatic hydroxyl groups is 1. The number of nitrogens with one attached hydrogen (secondary N) is 1. The van der Waals surface area contributed by atoms with Crippen LogP contribution in [0.2, 0.25) is 0 Å². The van der Waals surface area contributed by atoms with E-state index >= 15 is 0 Å². The molecule has 0 spiro atoms. The molecule has 1 aromatic rings. The molecule has 0 saturated heterocycles. The van der Waals surface area contributed by atoms with Crippen molar-refractivity contribution in [2.24, 2.45) is 0 Å². The Morgan fingerprint density at radius 2 is 2.23 bits per heavy atom. The number of aryl methyl sites for hydroxylation is 1. The molecule has 0 fully saturated rings. The number of unbranched alkanes of at least 4 members (excludes halogenated alkanes) is 2. The molecule has 0 amide bonds. The molecule has 0 unspecified atom stereocenters. The van der Waals surface area contributed by atoms with Gasteiger partial charge in [-0.3, -0.25) is 4.79 Å². The van der Waals surface area contributed by atoms with Gasteiger partial charge in [0.2, 0.25) is 0 Å². The van der Waals surface area contributed by atoms with E-state index in [-0.39, 0.29) is 11.3 Å². The van der Waals surface area contributed by atoms with Crippen molar-refractivity contribution in [2.45, 2.75) is 32.6 Å². The highest BCUT2D eigenvalue weighted by atomic mass is 16.3. The van der Waals surface area contributed by atoms with Crippen molar-refractivity contribution >= 4 is 0 Å². The van der Waals surface area contributed by atoms with Crippen molar-refractivity contribution < 1.29 is 5.11 Å². The van der Waals surface area contributed by atoms with Gasteiger partial charge in [-0.05, 0) is 12.8 Å². The van der Waals surface area contributed by atoms with E-state index in [1.807, 2.05) is 0 Å². The predicted molar refractivity (Wildman–Crippen MR) is 52.0 cm³/mol. The molecule has 72 valence electrons. The highest BCUT2D eigenvalue weighted by Crippen LogP contribution is 2.15. The Morgan fingerprint density at radius 3 is 2.85 bits per heavy atom. The monoisotopic (exact) mass is 181 g/mol. The molecule has 0 atom stereocenters. The van der Waals surface area contributed by atoms with Crippen molar-refractivity contribution in [1.29, 1.82) is 0 Å². The number of pyridine rings is 1. The topological polar surface area (TPSA) is 53.1 Å². The van der Waals surface area contributed by atoms with Gasteiger partial charge >= 0.3 is 0 Å². The number of aromatic amines is 1. The summed E-state index contributed by atoms with van der Waals surface area (Å²) < 4.78 is 0. The highest BCUT2D eigenvalue weighted by molar-refractivity contribution is 5.28. The smallest absolute Gasteiger partial charge is 0.251 e. The second-order valence-corrected chi connectivity index (χ2v) is 3.16. The molecule has 13 heavy (non-hydrogen) atoms. The molecule has 1 aromatic heterocycles. The first-order valence-electron chi connectivity index (χ1n) is 4.64. The zero-order valence-corrected chi connectivity index (χ0v) is 7.84. The summed E-state index contributed by atoms with van der Waals surface area (Å²) in [4.78, 5) is 13.3. The number of hydrogen-bond acceptors (Lipinski definition) is 2. The summed E-state index contributed by atoms with van der Waals surface area (Å²) >= 11 is 0. The Kier molecular flexibility index (Phi) is 3.55. The molecule has 3 nitrogen and oxygen atoms in total. The molecule has 0 aliphatic heterocycles. The first-order chi connectivity index (χ1) is 6.24. The van der Waals surface area contributed by atoms with Crippen molar-refractivity contribution in [3.8, 4) is 5.75 Å². The van der Waals surface area contributed by atoms with Crippen LogP contribution < -0.4 is 5.56 Å². The lowest BCUT2D eigenvalue weighted by Crippen LogP contribution is -2.03. The molecule has 0 bridgehead atoms. The first kappa shape index (κ1) is 9.84. The molecule has 0 aromatic carbocycles. The normalized spacial score (nSPS) is 10.2. The maximum atomic E-state index is 10.8. The van der Waals surface area contributed by atoms with Crippen molar-refractivity contribution in [3.63, 3.8) is 0 Å². The number of aromatic nitrogens is 1. The standard InChI is InChI=1S/C10H15NO2/c1-2-3-4-5-8-7-11-10(13)6-9(8)12/h6-7H,2-5H2,1H3,(H2,11,12,13). The Hall–Kier alpha value is -1.25. The predicted octanol–water partition coefficient (Wildman–Crippen LogP) is 1.81. The third-order valence-electron chi connectivity index (χ3n) is 2.04. The fourth-order valence-electron chi connectivity index (χ4n) is 1.26. The third kappa shape index (κ3) is 2.93. The molecular weight excluding hydrogens is 166 g/mol. The van der Waals surface area contributed by atoms with Gasteiger partial charge in [0.15, 0.2) is 0 Å². The van der Waals surface area contributed by atoms with Crippen LogP contribution in [0.5, 0.6) is 5.75 Å². The summed E-state index contributed by atoms with van der Waals surface area (Å²) in [5.74, 6) is 0.111. The average molecular weight is 181 g/mol. The van der Waals surface area contributed by atoms with Crippen LogP contribution in [-0.4, -0.2) is 10.1 Å². The molecule has 0 aliphatic carbocycles. The van der Waals surface area contributed by atoms with Gasteiger partial charge in [-0.1, -0.05) is 19.8 Å². The minimum Gasteiger partial charge on any atom is -0.507 e. The fourth-order valence-corrected chi connectivity index (χ4v) is 1.26. The summed E-state index contributed by atoms with van der Waals surface area (Å²) in [6, 6.07) is 1.22. The van der Waals surface area contributed by atoms with Gasteiger partial charge in [0, 0.05) is 17.8 Å². The summed E-state index contributed by atoms with van der Waals surface area (Å²) in [6.45, 7) is 2.13. The quantitative estimate of drug-likeness (QED) is 0.696. The number of hydrogen-bond donors (Lipinski definition) is 2. The zero-order valence-electron chi connectivity index (χ0n) is 7.84. The summed E-state index contributed by atoms with van der Waals surface area (Å²) in [5.41, 5.74) is 0.574. The van der Waals surface area contributed by atoms with Crippen LogP contribution in [0.15, 0.2) is 17.1 Å². The van der Waals surface area contributed by atoms with Gasteiger partial charge in [-0.2, -0.15) is 0 Å². The molecule has 0 aliphatic rings. The van der Waals surface area contributed by atoms with Gasteiger partial charge in [0.05, 0.1) is 0 Å². The minimum absolute atomic E-state index is 0.111. The lowest BCUT2D eigenvalue weighted by atomic mass is 10.1. The molecule has 2 N–H and O–H groups in total. The van der Waals surface area contributed by atoms with Gasteiger partial charge in [-0.15, -0.1) is 0 Å². The van der Waals surface area contributed by atoms with Crippen molar-refractivity contribution in [2.75, 3.05) is 0 Å². The van der Waals surface area contributed by atoms with E-state index in [9.17, 15) is 9.90 Å². The molecule has 0 saturated carbocycles. The second-order valence-electron chi connectivity index (χ2n) is 3.16. The van der Waals surface area contributed by atoms with E-state index in [1.54, 1.807) is 6.20 Å². The summed E-state index contributed by atoms with van der Waals surface area (Å²) in [6.07, 6.45) is 5.78. The zero-order chi connectivity index (χ0) is 9.68. The first-order valence-corrected chi connectivity index (χ1v) is 4.64. The Morgan fingerprint density at radius 1 is 1.46 bits per heavy atom. The van der Waals surface area contributed by atoms with E-state index in [0.717, 1.165) is 31.2 Å². The van der Waals surface area contributed by atoms with Gasteiger partial charge in [-0.25, -0.2) is 0 Å². The van der Waals surface area contributed by atoms with Crippen LogP contribution in [0.4, 0.5) is 0 Å². The van der Waals surface area contributed by atoms with E-state index in [4.69, 9.17) is 0 Å². The lowest BCUT2D eigenvalue weighted by molar-refractivity contribution is 0.464. The number of rotatable bonds is 4. The minimum atomic E-state index is -0.253. The van der Waals surface area contributed by atoms with Crippen LogP contribution in [-0.2, 0) is 6.42 Å². The molecule has 3 heteroatoms. The number of H-pyrrole nitrogens is 1. The molecule has 1 heterocycles. The fraction of sp³-hybridized carbons (Fsp3) is 0.500. The maximum Gasteiger partial charge on any atom is 0.251 e. The van der Waals surface area contributed by atoms with Gasteiger partial charge in [0.25, 0.3) is 5.56 Å². The van der Waals surface area contributed by atoms with Crippen LogP contribution in [0.3, 0.4) is 0 Å². The SMILES string of the molecule is CCCCCc1c[nH]c(=O)cc1O. The van der Waals surface area contributed by atoms with E-state index < -0.39 is 0 Å². The highest BCUT2D eigenvalue weighted by Gasteiger charge is 2.00. The Bertz CT molecular complexity index is 317.